The van der Waals surface area contributed by atoms with Crippen LogP contribution >= 0.6 is 0 Å². The van der Waals surface area contributed by atoms with E-state index in [-0.39, 0.29) is 0 Å². The molecule has 0 radical (unpaired) electrons. The zero-order chi connectivity index (χ0) is 14.6. The highest BCUT2D eigenvalue weighted by atomic mass is 16.2. The summed E-state index contributed by atoms with van der Waals surface area (Å²) in [5.41, 5.74) is 0. The van der Waals surface area contributed by atoms with Crippen LogP contribution in [0.1, 0.15) is 71.6 Å². The first kappa shape index (κ1) is 17.5. The molecule has 0 saturated carbocycles. The van der Waals surface area contributed by atoms with Crippen molar-refractivity contribution in [2.75, 3.05) is 26.2 Å². The smallest absolute Gasteiger partial charge is 0.222 e. The van der Waals surface area contributed by atoms with Gasteiger partial charge in [0.1, 0.15) is 0 Å². The van der Waals surface area contributed by atoms with Crippen LogP contribution in [0.2, 0.25) is 0 Å². The van der Waals surface area contributed by atoms with Gasteiger partial charge in [-0.25, -0.2) is 0 Å². The first-order valence-electron chi connectivity index (χ1n) is 8.76. The van der Waals surface area contributed by atoms with Crippen molar-refractivity contribution in [2.24, 2.45) is 5.92 Å². The van der Waals surface area contributed by atoms with E-state index in [0.29, 0.717) is 11.8 Å². The van der Waals surface area contributed by atoms with E-state index < -0.39 is 0 Å². The van der Waals surface area contributed by atoms with E-state index in [4.69, 9.17) is 0 Å². The number of piperidine rings is 1. The van der Waals surface area contributed by atoms with E-state index in [0.717, 1.165) is 45.4 Å². The molecule has 0 aliphatic carbocycles. The van der Waals surface area contributed by atoms with Gasteiger partial charge in [-0.2, -0.15) is 0 Å². The highest BCUT2D eigenvalue weighted by Gasteiger charge is 2.19. The van der Waals surface area contributed by atoms with Crippen LogP contribution < -0.4 is 5.32 Å². The zero-order valence-electron chi connectivity index (χ0n) is 13.6. The number of carbonyl (C=O) groups is 1. The minimum absolute atomic E-state index is 0.383. The second-order valence-corrected chi connectivity index (χ2v) is 6.22. The molecule has 0 aromatic heterocycles. The van der Waals surface area contributed by atoms with Gasteiger partial charge in [0.05, 0.1) is 0 Å². The van der Waals surface area contributed by atoms with Crippen molar-refractivity contribution in [3.8, 4) is 0 Å². The number of carbonyl (C=O) groups excluding carboxylic acids is 1. The molecule has 1 amide bonds. The average molecular weight is 282 g/mol. The lowest BCUT2D eigenvalue weighted by Crippen LogP contribution is -2.41. The lowest BCUT2D eigenvalue weighted by atomic mass is 9.98. The number of nitrogens with zero attached hydrogens (tertiary/aromatic N) is 1. The molecule has 20 heavy (non-hydrogen) atoms. The Hall–Kier alpha value is -0.570. The lowest BCUT2D eigenvalue weighted by molar-refractivity contribution is -0.132. The van der Waals surface area contributed by atoms with Crippen molar-refractivity contribution in [2.45, 2.75) is 71.6 Å². The summed E-state index contributed by atoms with van der Waals surface area (Å²) in [6.07, 6.45) is 10.5. The molecule has 1 aliphatic heterocycles. The van der Waals surface area contributed by atoms with Gasteiger partial charge in [-0.1, -0.05) is 39.5 Å². The Labute approximate surface area is 125 Å². The Balaban J connectivity index is 2.25. The van der Waals surface area contributed by atoms with Gasteiger partial charge in [-0.3, -0.25) is 4.79 Å². The molecule has 1 heterocycles. The van der Waals surface area contributed by atoms with Crippen molar-refractivity contribution in [3.63, 3.8) is 0 Å². The first-order chi connectivity index (χ1) is 9.77. The minimum atomic E-state index is 0.383. The standard InChI is InChI=1S/C17H34N2O/c1-3-5-6-7-8-11-17(20)19(13-4-2)15-16-10-9-12-18-14-16/h16,18H,3-15H2,1-2H3. The number of hydrogen-bond donors (Lipinski definition) is 1. The van der Waals surface area contributed by atoms with Crippen LogP contribution in [0.25, 0.3) is 0 Å². The molecule has 1 aliphatic rings. The number of unbranched alkanes of at least 4 members (excludes halogenated alkanes) is 4. The molecular weight excluding hydrogens is 248 g/mol. The molecule has 3 heteroatoms. The number of rotatable bonds is 10. The minimum Gasteiger partial charge on any atom is -0.342 e. The monoisotopic (exact) mass is 282 g/mol. The Morgan fingerprint density at radius 2 is 1.95 bits per heavy atom. The Kier molecular flexibility index (Phi) is 9.73. The van der Waals surface area contributed by atoms with Gasteiger partial charge < -0.3 is 10.2 Å². The summed E-state index contributed by atoms with van der Waals surface area (Å²) in [6, 6.07) is 0. The van der Waals surface area contributed by atoms with Gasteiger partial charge >= 0.3 is 0 Å². The molecule has 1 atom stereocenters. The molecule has 0 spiro atoms. The van der Waals surface area contributed by atoms with Crippen LogP contribution in [-0.4, -0.2) is 37.0 Å². The third-order valence-corrected chi connectivity index (χ3v) is 4.22. The van der Waals surface area contributed by atoms with Gasteiger partial charge in [0.15, 0.2) is 0 Å². The largest absolute Gasteiger partial charge is 0.342 e. The third kappa shape index (κ3) is 7.28. The van der Waals surface area contributed by atoms with Crippen molar-refractivity contribution < 1.29 is 4.79 Å². The van der Waals surface area contributed by atoms with Crippen LogP contribution in [0, 0.1) is 5.92 Å². The van der Waals surface area contributed by atoms with Crippen molar-refractivity contribution in [1.82, 2.24) is 10.2 Å². The van der Waals surface area contributed by atoms with E-state index in [1.165, 1.54) is 38.5 Å². The van der Waals surface area contributed by atoms with E-state index in [2.05, 4.69) is 24.1 Å². The average Bonchev–Trinajstić information content (AvgIpc) is 2.47. The van der Waals surface area contributed by atoms with E-state index in [1.54, 1.807) is 0 Å². The van der Waals surface area contributed by atoms with Crippen LogP contribution in [0.4, 0.5) is 0 Å². The van der Waals surface area contributed by atoms with E-state index in [1.807, 2.05) is 0 Å². The maximum atomic E-state index is 12.3. The molecule has 1 N–H and O–H groups in total. The van der Waals surface area contributed by atoms with Gasteiger partial charge in [0, 0.05) is 19.5 Å². The molecule has 0 aromatic rings. The highest BCUT2D eigenvalue weighted by Crippen LogP contribution is 2.14. The van der Waals surface area contributed by atoms with Crippen molar-refractivity contribution in [3.05, 3.63) is 0 Å². The molecule has 118 valence electrons. The molecule has 1 rings (SSSR count). The van der Waals surface area contributed by atoms with E-state index in [9.17, 15) is 4.79 Å². The quantitative estimate of drug-likeness (QED) is 0.621. The summed E-state index contributed by atoms with van der Waals surface area (Å²) in [4.78, 5) is 14.5. The number of nitrogens with one attached hydrogen (secondary N) is 1. The highest BCUT2D eigenvalue weighted by molar-refractivity contribution is 5.76. The fraction of sp³-hybridized carbons (Fsp3) is 0.941. The van der Waals surface area contributed by atoms with Crippen LogP contribution in [-0.2, 0) is 4.79 Å². The fourth-order valence-corrected chi connectivity index (χ4v) is 3.02. The predicted octanol–water partition coefficient (Wildman–Crippen LogP) is 3.59. The molecule has 3 nitrogen and oxygen atoms in total. The molecule has 1 unspecified atom stereocenters. The summed E-state index contributed by atoms with van der Waals surface area (Å²) < 4.78 is 0. The molecule has 0 aromatic carbocycles. The summed E-state index contributed by atoms with van der Waals surface area (Å²) >= 11 is 0. The van der Waals surface area contributed by atoms with Gasteiger partial charge in [-0.15, -0.1) is 0 Å². The lowest BCUT2D eigenvalue weighted by Gasteiger charge is -2.30. The topological polar surface area (TPSA) is 32.3 Å². The zero-order valence-corrected chi connectivity index (χ0v) is 13.6. The predicted molar refractivity (Wildman–Crippen MR) is 85.8 cm³/mol. The van der Waals surface area contributed by atoms with Gasteiger partial charge in [0.25, 0.3) is 0 Å². The Morgan fingerprint density at radius 3 is 2.60 bits per heavy atom. The Morgan fingerprint density at radius 1 is 1.15 bits per heavy atom. The molecular formula is C17H34N2O. The third-order valence-electron chi connectivity index (χ3n) is 4.22. The summed E-state index contributed by atoms with van der Waals surface area (Å²) in [6.45, 7) is 8.53. The van der Waals surface area contributed by atoms with Crippen molar-refractivity contribution in [1.29, 1.82) is 0 Å². The first-order valence-corrected chi connectivity index (χ1v) is 8.76. The number of hydrogen-bond acceptors (Lipinski definition) is 2. The fourth-order valence-electron chi connectivity index (χ4n) is 3.02. The van der Waals surface area contributed by atoms with Crippen LogP contribution in [0.3, 0.4) is 0 Å². The molecule has 0 bridgehead atoms. The Bertz CT molecular complexity index is 249. The summed E-state index contributed by atoms with van der Waals surface area (Å²) in [5.74, 6) is 1.05. The van der Waals surface area contributed by atoms with Gasteiger partial charge in [0.2, 0.25) is 5.91 Å². The second-order valence-electron chi connectivity index (χ2n) is 6.22. The maximum absolute atomic E-state index is 12.3. The summed E-state index contributed by atoms with van der Waals surface area (Å²) in [5, 5.41) is 3.45. The van der Waals surface area contributed by atoms with E-state index >= 15 is 0 Å². The van der Waals surface area contributed by atoms with Crippen molar-refractivity contribution >= 4 is 5.91 Å². The SMILES string of the molecule is CCCCCCCC(=O)N(CCC)CC1CCCNC1. The normalized spacial score (nSPS) is 19.0. The molecule has 1 saturated heterocycles. The van der Waals surface area contributed by atoms with Gasteiger partial charge in [-0.05, 0) is 44.7 Å². The van der Waals surface area contributed by atoms with Crippen LogP contribution in [0.5, 0.6) is 0 Å². The van der Waals surface area contributed by atoms with Crippen LogP contribution in [0.15, 0.2) is 0 Å². The maximum Gasteiger partial charge on any atom is 0.222 e. The number of amides is 1. The molecule has 1 fully saturated rings. The summed E-state index contributed by atoms with van der Waals surface area (Å²) in [7, 11) is 0. The second kappa shape index (κ2) is 11.1.